The monoisotopic (exact) mass is 275 g/mol. The lowest BCUT2D eigenvalue weighted by Gasteiger charge is -2.06. The SMILES string of the molecule is CCCCCCCCOC(=O)c1ccc2c(c1)CCN2. The lowest BCUT2D eigenvalue weighted by atomic mass is 10.1. The van der Waals surface area contributed by atoms with Gasteiger partial charge in [-0.15, -0.1) is 0 Å². The molecule has 1 aromatic carbocycles. The standard InChI is InChI=1S/C17H25NO2/c1-2-3-4-5-6-7-12-20-17(19)15-8-9-16-14(13-15)10-11-18-16/h8-9,13,18H,2-7,10-12H2,1H3. The number of carbonyl (C=O) groups excluding carboxylic acids is 1. The molecule has 3 heteroatoms. The van der Waals surface area contributed by atoms with Gasteiger partial charge < -0.3 is 10.1 Å². The molecule has 20 heavy (non-hydrogen) atoms. The molecule has 0 radical (unpaired) electrons. The van der Waals surface area contributed by atoms with E-state index in [2.05, 4.69) is 12.2 Å². The predicted octanol–water partition coefficient (Wildman–Crippen LogP) is 4.17. The molecule has 0 saturated heterocycles. The first-order valence-electron chi connectivity index (χ1n) is 7.85. The van der Waals surface area contributed by atoms with Crippen LogP contribution in [-0.4, -0.2) is 19.1 Å². The van der Waals surface area contributed by atoms with Crippen LogP contribution in [0.1, 0.15) is 61.4 Å². The molecule has 0 spiro atoms. The minimum absolute atomic E-state index is 0.187. The van der Waals surface area contributed by atoms with Gasteiger partial charge in [-0.25, -0.2) is 4.79 Å². The van der Waals surface area contributed by atoms with Gasteiger partial charge in [0.15, 0.2) is 0 Å². The Kier molecular flexibility index (Phi) is 5.90. The van der Waals surface area contributed by atoms with Gasteiger partial charge in [0.05, 0.1) is 12.2 Å². The smallest absolute Gasteiger partial charge is 0.338 e. The number of ether oxygens (including phenoxy) is 1. The average Bonchev–Trinajstić information content (AvgIpc) is 2.93. The first kappa shape index (κ1) is 14.9. The Morgan fingerprint density at radius 2 is 2.00 bits per heavy atom. The Hall–Kier alpha value is -1.51. The van der Waals surface area contributed by atoms with Gasteiger partial charge in [0.2, 0.25) is 0 Å². The molecule has 0 aromatic heterocycles. The summed E-state index contributed by atoms with van der Waals surface area (Å²) >= 11 is 0. The fraction of sp³-hybridized carbons (Fsp3) is 0.588. The Balaban J connectivity index is 1.67. The number of hydrogen-bond acceptors (Lipinski definition) is 3. The van der Waals surface area contributed by atoms with Crippen molar-refractivity contribution >= 4 is 11.7 Å². The highest BCUT2D eigenvalue weighted by Crippen LogP contribution is 2.23. The van der Waals surface area contributed by atoms with Crippen molar-refractivity contribution in [3.63, 3.8) is 0 Å². The molecule has 0 bridgehead atoms. The predicted molar refractivity (Wildman–Crippen MR) is 82.3 cm³/mol. The lowest BCUT2D eigenvalue weighted by molar-refractivity contribution is 0.0497. The summed E-state index contributed by atoms with van der Waals surface area (Å²) in [6.07, 6.45) is 8.24. The number of rotatable bonds is 8. The fourth-order valence-electron chi connectivity index (χ4n) is 2.56. The second kappa shape index (κ2) is 7.93. The summed E-state index contributed by atoms with van der Waals surface area (Å²) in [7, 11) is 0. The van der Waals surface area contributed by atoms with E-state index >= 15 is 0 Å². The Bertz CT molecular complexity index is 443. The quantitative estimate of drug-likeness (QED) is 0.571. The van der Waals surface area contributed by atoms with Crippen LogP contribution in [0.25, 0.3) is 0 Å². The lowest BCUT2D eigenvalue weighted by Crippen LogP contribution is -2.06. The zero-order valence-corrected chi connectivity index (χ0v) is 12.4. The summed E-state index contributed by atoms with van der Waals surface area (Å²) in [5, 5.41) is 3.29. The normalized spacial score (nSPS) is 12.8. The van der Waals surface area contributed by atoms with E-state index in [4.69, 9.17) is 4.74 Å². The zero-order valence-electron chi connectivity index (χ0n) is 12.4. The van der Waals surface area contributed by atoms with Crippen LogP contribution in [0.5, 0.6) is 0 Å². The number of fused-ring (bicyclic) bond motifs is 1. The van der Waals surface area contributed by atoms with Crippen molar-refractivity contribution in [2.45, 2.75) is 51.9 Å². The topological polar surface area (TPSA) is 38.3 Å². The zero-order chi connectivity index (χ0) is 14.2. The molecule has 2 rings (SSSR count). The van der Waals surface area contributed by atoms with Gasteiger partial charge in [-0.2, -0.15) is 0 Å². The number of nitrogens with one attached hydrogen (secondary N) is 1. The van der Waals surface area contributed by atoms with E-state index in [-0.39, 0.29) is 5.97 Å². The van der Waals surface area contributed by atoms with Gasteiger partial charge in [-0.05, 0) is 36.6 Å². The minimum Gasteiger partial charge on any atom is -0.462 e. The number of esters is 1. The molecular formula is C17H25NO2. The number of carbonyl (C=O) groups is 1. The Morgan fingerprint density at radius 3 is 2.85 bits per heavy atom. The molecule has 1 aromatic rings. The minimum atomic E-state index is -0.187. The summed E-state index contributed by atoms with van der Waals surface area (Å²) in [6.45, 7) is 3.72. The van der Waals surface area contributed by atoms with E-state index in [1.54, 1.807) is 0 Å². The van der Waals surface area contributed by atoms with E-state index in [1.807, 2.05) is 18.2 Å². The first-order valence-corrected chi connectivity index (χ1v) is 7.85. The third-order valence-electron chi connectivity index (χ3n) is 3.78. The molecule has 0 aliphatic carbocycles. The van der Waals surface area contributed by atoms with Crippen molar-refractivity contribution in [3.05, 3.63) is 29.3 Å². The van der Waals surface area contributed by atoms with Crippen molar-refractivity contribution in [3.8, 4) is 0 Å². The highest BCUT2D eigenvalue weighted by molar-refractivity contribution is 5.90. The fourth-order valence-corrected chi connectivity index (χ4v) is 2.56. The van der Waals surface area contributed by atoms with Gasteiger partial charge in [0.25, 0.3) is 0 Å². The van der Waals surface area contributed by atoms with Crippen molar-refractivity contribution in [2.75, 3.05) is 18.5 Å². The van der Waals surface area contributed by atoms with E-state index in [1.165, 1.54) is 31.2 Å². The second-order valence-corrected chi connectivity index (χ2v) is 5.45. The number of unbranched alkanes of at least 4 members (excludes halogenated alkanes) is 5. The average molecular weight is 275 g/mol. The van der Waals surface area contributed by atoms with Crippen LogP contribution in [0.2, 0.25) is 0 Å². The third kappa shape index (κ3) is 4.26. The van der Waals surface area contributed by atoms with Crippen molar-refractivity contribution in [2.24, 2.45) is 0 Å². The van der Waals surface area contributed by atoms with Crippen molar-refractivity contribution in [1.29, 1.82) is 0 Å². The van der Waals surface area contributed by atoms with Crippen LogP contribution in [0.4, 0.5) is 5.69 Å². The molecule has 0 saturated carbocycles. The number of benzene rings is 1. The van der Waals surface area contributed by atoms with Crippen LogP contribution >= 0.6 is 0 Å². The van der Waals surface area contributed by atoms with Gasteiger partial charge in [0, 0.05) is 12.2 Å². The Morgan fingerprint density at radius 1 is 1.20 bits per heavy atom. The molecule has 0 amide bonds. The molecule has 110 valence electrons. The molecule has 3 nitrogen and oxygen atoms in total. The molecule has 1 N–H and O–H groups in total. The van der Waals surface area contributed by atoms with Gasteiger partial charge in [-0.1, -0.05) is 39.0 Å². The molecule has 0 unspecified atom stereocenters. The summed E-state index contributed by atoms with van der Waals surface area (Å²) < 4.78 is 5.34. The van der Waals surface area contributed by atoms with E-state index < -0.39 is 0 Å². The van der Waals surface area contributed by atoms with Crippen LogP contribution in [0.15, 0.2) is 18.2 Å². The molecule has 0 fully saturated rings. The maximum Gasteiger partial charge on any atom is 0.338 e. The molecule has 0 atom stereocenters. The van der Waals surface area contributed by atoms with Crippen LogP contribution < -0.4 is 5.32 Å². The van der Waals surface area contributed by atoms with E-state index in [9.17, 15) is 4.79 Å². The summed E-state index contributed by atoms with van der Waals surface area (Å²) in [6, 6.07) is 5.78. The molecule has 1 aliphatic rings. The molecular weight excluding hydrogens is 250 g/mol. The van der Waals surface area contributed by atoms with Crippen LogP contribution in [0, 0.1) is 0 Å². The molecule has 1 aliphatic heterocycles. The second-order valence-electron chi connectivity index (χ2n) is 5.45. The highest BCUT2D eigenvalue weighted by atomic mass is 16.5. The summed E-state index contributed by atoms with van der Waals surface area (Å²) in [4.78, 5) is 11.9. The number of hydrogen-bond donors (Lipinski definition) is 1. The van der Waals surface area contributed by atoms with Crippen LogP contribution in [-0.2, 0) is 11.2 Å². The van der Waals surface area contributed by atoms with Gasteiger partial charge >= 0.3 is 5.97 Å². The first-order chi connectivity index (χ1) is 9.81. The number of anilines is 1. The van der Waals surface area contributed by atoms with Crippen molar-refractivity contribution < 1.29 is 9.53 Å². The maximum atomic E-state index is 11.9. The maximum absolute atomic E-state index is 11.9. The van der Waals surface area contributed by atoms with Crippen molar-refractivity contribution in [1.82, 2.24) is 0 Å². The van der Waals surface area contributed by atoms with Crippen LogP contribution in [0.3, 0.4) is 0 Å². The molecule has 1 heterocycles. The summed E-state index contributed by atoms with van der Waals surface area (Å²) in [5.74, 6) is -0.187. The Labute approximate surface area is 121 Å². The summed E-state index contributed by atoms with van der Waals surface area (Å²) in [5.41, 5.74) is 3.05. The third-order valence-corrected chi connectivity index (χ3v) is 3.78. The van der Waals surface area contributed by atoms with Gasteiger partial charge in [-0.3, -0.25) is 0 Å². The van der Waals surface area contributed by atoms with E-state index in [0.717, 1.165) is 31.5 Å². The largest absolute Gasteiger partial charge is 0.462 e. The van der Waals surface area contributed by atoms with Gasteiger partial charge in [0.1, 0.15) is 0 Å². The van der Waals surface area contributed by atoms with E-state index in [0.29, 0.717) is 12.2 Å². The highest BCUT2D eigenvalue weighted by Gasteiger charge is 2.14.